The Kier molecular flexibility index (Phi) is 3.17. The molecule has 1 aliphatic heterocycles. The van der Waals surface area contributed by atoms with E-state index in [0.717, 1.165) is 38.5 Å². The fourth-order valence-electron chi connectivity index (χ4n) is 6.34. The van der Waals surface area contributed by atoms with E-state index in [9.17, 15) is 9.90 Å². The first-order chi connectivity index (χ1) is 10.9. The number of rotatable bonds is 2. The van der Waals surface area contributed by atoms with Gasteiger partial charge in [0.15, 0.2) is 0 Å². The minimum absolute atomic E-state index is 0.0491. The number of ether oxygens (including phenoxy) is 1. The maximum Gasteiger partial charge on any atom is 0.312 e. The zero-order chi connectivity index (χ0) is 16.5. The third kappa shape index (κ3) is 1.83. The summed E-state index contributed by atoms with van der Waals surface area (Å²) in [6.07, 6.45) is 10.3. The zero-order valence-electron chi connectivity index (χ0n) is 14.3. The molecule has 3 fully saturated rings. The van der Waals surface area contributed by atoms with E-state index in [2.05, 4.69) is 32.6 Å². The molecular weight excluding hydrogens is 288 g/mol. The van der Waals surface area contributed by atoms with Gasteiger partial charge in [-0.25, -0.2) is 0 Å². The third-order valence-corrected chi connectivity index (χ3v) is 7.60. The van der Waals surface area contributed by atoms with Gasteiger partial charge >= 0.3 is 5.97 Å². The highest BCUT2D eigenvalue weighted by molar-refractivity contribution is 5.80. The largest absolute Gasteiger partial charge is 0.457 e. The molecule has 2 unspecified atom stereocenters. The number of aliphatic hydroxyl groups is 1. The topological polar surface area (TPSA) is 46.5 Å². The molecule has 0 aromatic heterocycles. The molecule has 3 heteroatoms. The number of carbonyl (C=O) groups is 1. The molecule has 0 spiro atoms. The van der Waals surface area contributed by atoms with Crippen molar-refractivity contribution in [3.05, 3.63) is 24.3 Å². The molecule has 126 valence electrons. The van der Waals surface area contributed by atoms with Crippen molar-refractivity contribution in [2.24, 2.45) is 28.1 Å². The molecule has 3 nitrogen and oxygen atoms in total. The van der Waals surface area contributed by atoms with Crippen LogP contribution in [-0.2, 0) is 9.53 Å². The Morgan fingerprint density at radius 1 is 1.39 bits per heavy atom. The molecule has 1 saturated heterocycles. The van der Waals surface area contributed by atoms with Gasteiger partial charge in [-0.3, -0.25) is 4.79 Å². The summed E-state index contributed by atoms with van der Waals surface area (Å²) in [6, 6.07) is 0. The van der Waals surface area contributed by atoms with Gasteiger partial charge < -0.3 is 9.84 Å². The zero-order valence-corrected chi connectivity index (χ0v) is 14.3. The molecule has 2 saturated carbocycles. The van der Waals surface area contributed by atoms with Crippen molar-refractivity contribution in [1.29, 1.82) is 0 Å². The summed E-state index contributed by atoms with van der Waals surface area (Å²) in [5.41, 5.74) is 0.947. The van der Waals surface area contributed by atoms with E-state index < -0.39 is 5.41 Å². The van der Waals surface area contributed by atoms with Gasteiger partial charge in [0.05, 0.1) is 5.41 Å². The van der Waals surface area contributed by atoms with Crippen molar-refractivity contribution >= 4 is 5.97 Å². The molecule has 4 rings (SSSR count). The number of esters is 1. The van der Waals surface area contributed by atoms with Crippen LogP contribution in [0.2, 0.25) is 0 Å². The number of allylic oxidation sites excluding steroid dienone is 2. The first-order valence-electron chi connectivity index (χ1n) is 9.05. The van der Waals surface area contributed by atoms with Crippen LogP contribution in [0.25, 0.3) is 0 Å². The summed E-state index contributed by atoms with van der Waals surface area (Å²) in [7, 11) is 0. The van der Waals surface area contributed by atoms with E-state index in [1.807, 2.05) is 0 Å². The molecule has 3 aliphatic carbocycles. The van der Waals surface area contributed by atoms with Gasteiger partial charge in [-0.1, -0.05) is 25.0 Å². The molecule has 0 amide bonds. The van der Waals surface area contributed by atoms with Gasteiger partial charge in [-0.15, -0.1) is 6.58 Å². The smallest absolute Gasteiger partial charge is 0.312 e. The Hall–Kier alpha value is -1.09. The Labute approximate surface area is 138 Å². The van der Waals surface area contributed by atoms with Gasteiger partial charge in [0, 0.05) is 17.9 Å². The molecule has 0 aromatic rings. The molecule has 0 aromatic carbocycles. The van der Waals surface area contributed by atoms with Crippen LogP contribution in [0.3, 0.4) is 0 Å². The SMILES string of the molecule is C=C[C@]1(C)CCC2C(=C[C@H]3OC(=O)[C@@]4(C)CCC[C@@]2(CO)C34)C1. The predicted octanol–water partition coefficient (Wildman–Crippen LogP) is 3.63. The van der Waals surface area contributed by atoms with Crippen molar-refractivity contribution in [1.82, 2.24) is 0 Å². The Balaban J connectivity index is 1.83. The number of hydrogen-bond acceptors (Lipinski definition) is 3. The van der Waals surface area contributed by atoms with Crippen molar-refractivity contribution in [2.75, 3.05) is 6.61 Å². The summed E-state index contributed by atoms with van der Waals surface area (Å²) in [4.78, 5) is 12.6. The minimum atomic E-state index is -0.410. The Morgan fingerprint density at radius 2 is 2.17 bits per heavy atom. The lowest BCUT2D eigenvalue weighted by Crippen LogP contribution is -2.56. The van der Waals surface area contributed by atoms with E-state index in [1.165, 1.54) is 5.57 Å². The summed E-state index contributed by atoms with van der Waals surface area (Å²) in [6.45, 7) is 8.53. The fourth-order valence-corrected chi connectivity index (χ4v) is 6.34. The molecule has 0 bridgehead atoms. The van der Waals surface area contributed by atoms with E-state index in [4.69, 9.17) is 4.74 Å². The van der Waals surface area contributed by atoms with Crippen molar-refractivity contribution < 1.29 is 14.6 Å². The normalized spacial score (nSPS) is 51.3. The maximum atomic E-state index is 12.6. The van der Waals surface area contributed by atoms with Gasteiger partial charge in [-0.2, -0.15) is 0 Å². The average molecular weight is 316 g/mol. The Morgan fingerprint density at radius 3 is 2.87 bits per heavy atom. The van der Waals surface area contributed by atoms with Gasteiger partial charge in [0.1, 0.15) is 6.10 Å². The molecule has 6 atom stereocenters. The summed E-state index contributed by atoms with van der Waals surface area (Å²) >= 11 is 0. The molecule has 1 heterocycles. The van der Waals surface area contributed by atoms with E-state index >= 15 is 0 Å². The number of fused-ring (bicyclic) bond motifs is 2. The molecule has 4 aliphatic rings. The Bertz CT molecular complexity index is 594. The van der Waals surface area contributed by atoms with Crippen LogP contribution < -0.4 is 0 Å². The number of aliphatic hydroxyl groups excluding tert-OH is 1. The predicted molar refractivity (Wildman–Crippen MR) is 88.6 cm³/mol. The maximum absolute atomic E-state index is 12.6. The highest BCUT2D eigenvalue weighted by atomic mass is 16.6. The molecule has 23 heavy (non-hydrogen) atoms. The average Bonchev–Trinajstić information content (AvgIpc) is 2.79. The molecular formula is C20H28O3. The minimum Gasteiger partial charge on any atom is -0.457 e. The summed E-state index contributed by atoms with van der Waals surface area (Å²) in [5, 5.41) is 10.5. The monoisotopic (exact) mass is 316 g/mol. The first-order valence-corrected chi connectivity index (χ1v) is 9.05. The standard InChI is InChI=1S/C20H28O3/c1-4-18(2)9-6-14-13(11-18)10-15-16-19(3,17(22)23-15)7-5-8-20(14,16)12-21/h4,10,14-16,21H,1,5-9,11-12H2,2-3H3/t14?,15-,16?,18-,19+,20+/m1/s1. The number of hydrogen-bond donors (Lipinski definition) is 1. The van der Waals surface area contributed by atoms with Crippen LogP contribution >= 0.6 is 0 Å². The van der Waals surface area contributed by atoms with Gasteiger partial charge in [-0.05, 0) is 56.4 Å². The van der Waals surface area contributed by atoms with Crippen LogP contribution in [0.5, 0.6) is 0 Å². The second kappa shape index (κ2) is 4.72. The number of carbonyl (C=O) groups excluding carboxylic acids is 1. The highest BCUT2D eigenvalue weighted by Gasteiger charge is 2.67. The molecule has 1 N–H and O–H groups in total. The summed E-state index contributed by atoms with van der Waals surface area (Å²) < 4.78 is 5.81. The van der Waals surface area contributed by atoms with E-state index in [1.54, 1.807) is 0 Å². The van der Waals surface area contributed by atoms with Crippen molar-refractivity contribution in [3.63, 3.8) is 0 Å². The van der Waals surface area contributed by atoms with Gasteiger partial charge in [0.2, 0.25) is 0 Å². The lowest BCUT2D eigenvalue weighted by molar-refractivity contribution is -0.149. The van der Waals surface area contributed by atoms with Crippen LogP contribution in [-0.4, -0.2) is 23.8 Å². The van der Waals surface area contributed by atoms with E-state index in [0.29, 0.717) is 5.92 Å². The quantitative estimate of drug-likeness (QED) is 0.625. The molecule has 0 radical (unpaired) electrons. The second-order valence-corrected chi connectivity index (χ2v) is 8.88. The second-order valence-electron chi connectivity index (χ2n) is 8.88. The highest BCUT2D eigenvalue weighted by Crippen LogP contribution is 2.66. The lowest BCUT2D eigenvalue weighted by Gasteiger charge is -2.57. The van der Waals surface area contributed by atoms with Crippen LogP contribution in [0.15, 0.2) is 24.3 Å². The van der Waals surface area contributed by atoms with Crippen LogP contribution in [0, 0.1) is 28.1 Å². The van der Waals surface area contributed by atoms with Crippen molar-refractivity contribution in [2.45, 2.75) is 58.5 Å². The van der Waals surface area contributed by atoms with Gasteiger partial charge in [0.25, 0.3) is 0 Å². The van der Waals surface area contributed by atoms with E-state index in [-0.39, 0.29) is 35.4 Å². The van der Waals surface area contributed by atoms with Crippen LogP contribution in [0.4, 0.5) is 0 Å². The fraction of sp³-hybridized carbons (Fsp3) is 0.750. The first kappa shape index (κ1) is 15.4. The summed E-state index contributed by atoms with van der Waals surface area (Å²) in [5.74, 6) is 0.492. The van der Waals surface area contributed by atoms with Crippen molar-refractivity contribution in [3.8, 4) is 0 Å². The third-order valence-electron chi connectivity index (χ3n) is 7.60. The lowest BCUT2D eigenvalue weighted by atomic mass is 9.45. The van der Waals surface area contributed by atoms with Crippen LogP contribution in [0.1, 0.15) is 52.4 Å².